The first-order valence-electron chi connectivity index (χ1n) is 13.8. The summed E-state index contributed by atoms with van der Waals surface area (Å²) < 4.78 is 39.5. The van der Waals surface area contributed by atoms with E-state index in [1.54, 1.807) is 56.9 Å². The average Bonchev–Trinajstić information content (AvgIpc) is 3.07. The maximum absolute atomic E-state index is 9.16. The van der Waals surface area contributed by atoms with Crippen molar-refractivity contribution in [1.82, 2.24) is 19.9 Å². The molecule has 4 aromatic carbocycles. The van der Waals surface area contributed by atoms with Gasteiger partial charge in [-0.05, 0) is 65.2 Å². The summed E-state index contributed by atoms with van der Waals surface area (Å²) in [6.45, 7) is 0. The monoisotopic (exact) mass is 870 g/mol. The molecule has 0 aliphatic carbocycles. The number of hydrogen-bond acceptors (Lipinski definition) is 10. The first-order valence-corrected chi connectivity index (χ1v) is 19.2. The predicted molar refractivity (Wildman–Crippen MR) is 207 cm³/mol. The van der Waals surface area contributed by atoms with Crippen molar-refractivity contribution < 1.29 is 27.4 Å². The number of aromatic nitrogens is 4. The molecule has 2 aromatic heterocycles. The molecule has 0 aliphatic rings. The van der Waals surface area contributed by atoms with Crippen molar-refractivity contribution in [2.24, 2.45) is 0 Å². The second-order valence-corrected chi connectivity index (χ2v) is 15.7. The number of fused-ring (bicyclic) bond motifs is 2. The molecule has 0 aliphatic heterocycles. The Labute approximate surface area is 331 Å². The highest BCUT2D eigenvalue weighted by molar-refractivity contribution is 8.31. The van der Waals surface area contributed by atoms with Crippen molar-refractivity contribution in [3.8, 4) is 45.3 Å². The molecular formula is C32H22Cl8N4O6S. The highest BCUT2D eigenvalue weighted by Crippen LogP contribution is 2.48. The van der Waals surface area contributed by atoms with E-state index < -0.39 is 8.26 Å². The van der Waals surface area contributed by atoms with Gasteiger partial charge in [0.05, 0.1) is 59.6 Å². The van der Waals surface area contributed by atoms with E-state index in [9.17, 15) is 0 Å². The van der Waals surface area contributed by atoms with E-state index in [0.29, 0.717) is 65.2 Å². The molecule has 19 heteroatoms. The zero-order chi connectivity index (χ0) is 37.6. The van der Waals surface area contributed by atoms with Crippen LogP contribution in [-0.2, 0) is 8.26 Å². The Balaban J connectivity index is 0.000000203. The SMILES string of the molecule is COc1cc(OC)c(Cl)c(-c2cc3cnc(Cl)nc3cc2Cl)c1Cl.COc1cc(OC)cc(-c2cc3cnc(Cl)nc3cc2Cl)c1.O=S(=O)(Cl)Cl. The van der Waals surface area contributed by atoms with Gasteiger partial charge in [0.2, 0.25) is 10.6 Å². The molecule has 0 amide bonds. The van der Waals surface area contributed by atoms with Crippen LogP contribution in [0.5, 0.6) is 23.0 Å². The van der Waals surface area contributed by atoms with E-state index >= 15 is 0 Å². The molecule has 51 heavy (non-hydrogen) atoms. The van der Waals surface area contributed by atoms with Gasteiger partial charge in [0.25, 0.3) is 0 Å². The molecule has 6 rings (SSSR count). The largest absolute Gasteiger partial charge is 0.497 e. The number of ether oxygens (including phenoxy) is 4. The number of rotatable bonds is 6. The van der Waals surface area contributed by atoms with Crippen molar-refractivity contribution in [1.29, 1.82) is 0 Å². The molecule has 0 bridgehead atoms. The molecule has 0 unspecified atom stereocenters. The van der Waals surface area contributed by atoms with E-state index in [4.69, 9.17) is 97.0 Å². The molecule has 268 valence electrons. The van der Waals surface area contributed by atoms with Crippen LogP contribution in [-0.4, -0.2) is 56.8 Å². The van der Waals surface area contributed by atoms with Crippen LogP contribution in [0.1, 0.15) is 0 Å². The first-order chi connectivity index (χ1) is 24.1. The third-order valence-electron chi connectivity index (χ3n) is 6.78. The van der Waals surface area contributed by atoms with Crippen LogP contribution in [0.25, 0.3) is 44.1 Å². The topological polar surface area (TPSA) is 123 Å². The third kappa shape index (κ3) is 10.6. The lowest BCUT2D eigenvalue weighted by atomic mass is 10.0. The summed E-state index contributed by atoms with van der Waals surface area (Å²) >= 11 is 37.3. The fourth-order valence-corrected chi connectivity index (χ4v) is 6.06. The van der Waals surface area contributed by atoms with E-state index in [1.165, 1.54) is 14.2 Å². The quantitative estimate of drug-likeness (QED) is 0.118. The van der Waals surface area contributed by atoms with Crippen LogP contribution in [0.3, 0.4) is 0 Å². The highest BCUT2D eigenvalue weighted by atomic mass is 36.0. The lowest BCUT2D eigenvalue weighted by Gasteiger charge is -2.16. The summed E-state index contributed by atoms with van der Waals surface area (Å²) in [4.78, 5) is 16.3. The fourth-order valence-electron chi connectivity index (χ4n) is 4.56. The number of methoxy groups -OCH3 is 4. The summed E-state index contributed by atoms with van der Waals surface area (Å²) in [5, 5.41) is 3.58. The number of benzene rings is 4. The van der Waals surface area contributed by atoms with Crippen LogP contribution < -0.4 is 18.9 Å². The molecule has 0 radical (unpaired) electrons. The van der Waals surface area contributed by atoms with Crippen LogP contribution in [0.2, 0.25) is 30.7 Å². The molecule has 0 fully saturated rings. The molecule has 10 nitrogen and oxygen atoms in total. The van der Waals surface area contributed by atoms with Crippen LogP contribution >= 0.6 is 91.0 Å². The predicted octanol–water partition coefficient (Wildman–Crippen LogP) is 11.3. The number of hydrogen-bond donors (Lipinski definition) is 0. The maximum Gasteiger partial charge on any atom is 0.317 e. The summed E-state index contributed by atoms with van der Waals surface area (Å²) in [6.07, 6.45) is 3.27. The summed E-state index contributed by atoms with van der Waals surface area (Å²) in [5.74, 6) is 2.24. The molecule has 0 atom stereocenters. The molecular weight excluding hydrogens is 852 g/mol. The fraction of sp³-hybridized carbons (Fsp3) is 0.125. The zero-order valence-electron chi connectivity index (χ0n) is 26.4. The van der Waals surface area contributed by atoms with Gasteiger partial charge in [-0.25, -0.2) is 19.9 Å². The van der Waals surface area contributed by atoms with Gasteiger partial charge in [-0.3, -0.25) is 0 Å². The van der Waals surface area contributed by atoms with Gasteiger partial charge in [-0.15, -0.1) is 0 Å². The second-order valence-electron chi connectivity index (χ2n) is 9.82. The van der Waals surface area contributed by atoms with Gasteiger partial charge in [0, 0.05) is 73.4 Å². The van der Waals surface area contributed by atoms with E-state index in [-0.39, 0.29) is 10.6 Å². The second kappa shape index (κ2) is 17.7. The Hall–Kier alpha value is -2.97. The molecule has 2 heterocycles. The van der Waals surface area contributed by atoms with E-state index in [1.807, 2.05) is 18.2 Å². The lowest BCUT2D eigenvalue weighted by Crippen LogP contribution is -1.94. The molecule has 0 saturated heterocycles. The van der Waals surface area contributed by atoms with Gasteiger partial charge < -0.3 is 18.9 Å². The Morgan fingerprint density at radius 3 is 1.37 bits per heavy atom. The van der Waals surface area contributed by atoms with Gasteiger partial charge in [0.1, 0.15) is 23.0 Å². The van der Waals surface area contributed by atoms with Gasteiger partial charge in [0.15, 0.2) is 0 Å². The maximum atomic E-state index is 9.16. The standard InChI is InChI=1S/C16H10Cl4N2O2.C16H12Cl2N2O2.Cl2O2S/c1-23-11-5-12(24-2)15(19)13(14(11)18)8-3-7-6-21-16(20)22-10(7)4-9(8)17;1-21-11-3-9(4-12(6-11)22-2)13-5-10-8-19-16(18)20-15(10)7-14(13)17;1-5(2,3)4/h3-6H,1-2H3;3-8H,1-2H3;. The summed E-state index contributed by atoms with van der Waals surface area (Å²) in [7, 11) is 11.0. The molecule has 0 spiro atoms. The van der Waals surface area contributed by atoms with Crippen molar-refractivity contribution in [3.05, 3.63) is 91.6 Å². The smallest absolute Gasteiger partial charge is 0.317 e. The Morgan fingerprint density at radius 1 is 0.549 bits per heavy atom. The minimum Gasteiger partial charge on any atom is -0.497 e. The Bertz CT molecular complexity index is 2290. The number of nitrogens with zero attached hydrogens (tertiary/aromatic N) is 4. The Kier molecular flexibility index (Phi) is 14.2. The minimum atomic E-state index is -3.72. The number of halogens is 8. The molecule has 6 aromatic rings. The summed E-state index contributed by atoms with van der Waals surface area (Å²) in [5.41, 5.74) is 4.17. The average molecular weight is 874 g/mol. The normalized spacial score (nSPS) is 10.9. The Morgan fingerprint density at radius 2 is 0.961 bits per heavy atom. The zero-order valence-corrected chi connectivity index (χ0v) is 33.3. The van der Waals surface area contributed by atoms with Crippen molar-refractivity contribution >= 4 is 121 Å². The van der Waals surface area contributed by atoms with Gasteiger partial charge >= 0.3 is 8.26 Å². The summed E-state index contributed by atoms with van der Waals surface area (Å²) in [6, 6.07) is 14.4. The third-order valence-corrected chi connectivity index (χ3v) is 8.52. The first kappa shape index (κ1) is 40.8. The molecule has 0 saturated carbocycles. The molecule has 0 N–H and O–H groups in total. The lowest BCUT2D eigenvalue weighted by molar-refractivity contribution is 0.394. The van der Waals surface area contributed by atoms with Crippen LogP contribution in [0.4, 0.5) is 0 Å². The van der Waals surface area contributed by atoms with Crippen LogP contribution in [0, 0.1) is 0 Å². The highest BCUT2D eigenvalue weighted by Gasteiger charge is 2.21. The van der Waals surface area contributed by atoms with E-state index in [2.05, 4.69) is 41.3 Å². The van der Waals surface area contributed by atoms with Gasteiger partial charge in [-0.1, -0.05) is 46.4 Å². The van der Waals surface area contributed by atoms with Gasteiger partial charge in [-0.2, -0.15) is 8.42 Å². The van der Waals surface area contributed by atoms with E-state index in [0.717, 1.165) is 21.9 Å². The van der Waals surface area contributed by atoms with Crippen molar-refractivity contribution in [3.63, 3.8) is 0 Å². The van der Waals surface area contributed by atoms with Crippen molar-refractivity contribution in [2.45, 2.75) is 0 Å². The minimum absolute atomic E-state index is 0.144. The van der Waals surface area contributed by atoms with Crippen molar-refractivity contribution in [2.75, 3.05) is 28.4 Å². The van der Waals surface area contributed by atoms with Crippen LogP contribution in [0.15, 0.2) is 60.9 Å².